The zero-order chi connectivity index (χ0) is 13.6. The summed E-state index contributed by atoms with van der Waals surface area (Å²) in [5.74, 6) is 0.700. The molecular weight excluding hydrogens is 234 g/mol. The molecule has 0 aliphatic heterocycles. The molecule has 96 valence electrons. The highest BCUT2D eigenvalue weighted by molar-refractivity contribution is 5.77. The fourth-order valence-corrected chi connectivity index (χ4v) is 2.50. The Hall–Kier alpha value is -2.29. The third kappa shape index (κ3) is 1.78. The van der Waals surface area contributed by atoms with E-state index < -0.39 is 0 Å². The summed E-state index contributed by atoms with van der Waals surface area (Å²) in [6.07, 6.45) is 1.96. The third-order valence-electron chi connectivity index (χ3n) is 3.52. The second-order valence-electron chi connectivity index (χ2n) is 5.05. The van der Waals surface area contributed by atoms with E-state index in [-0.39, 0.29) is 0 Å². The molecule has 0 atom stereocenters. The fraction of sp³-hybridized carbons (Fsp3) is 0.188. The highest BCUT2D eigenvalue weighted by Gasteiger charge is 2.13. The van der Waals surface area contributed by atoms with Crippen LogP contribution in [0.15, 0.2) is 36.5 Å². The number of anilines is 1. The Bertz CT molecular complexity index is 769. The lowest BCUT2D eigenvalue weighted by Gasteiger charge is -2.05. The van der Waals surface area contributed by atoms with E-state index in [4.69, 9.17) is 10.7 Å². The number of hydrogen-bond acceptors (Lipinski definition) is 2. The van der Waals surface area contributed by atoms with Crippen LogP contribution in [-0.4, -0.2) is 9.38 Å². The topological polar surface area (TPSA) is 43.3 Å². The monoisotopic (exact) mass is 251 g/mol. The van der Waals surface area contributed by atoms with E-state index in [1.165, 1.54) is 11.1 Å². The fourth-order valence-electron chi connectivity index (χ4n) is 2.50. The molecule has 2 N–H and O–H groups in total. The zero-order valence-corrected chi connectivity index (χ0v) is 11.4. The van der Waals surface area contributed by atoms with Gasteiger partial charge in [0.2, 0.25) is 0 Å². The summed E-state index contributed by atoms with van der Waals surface area (Å²) in [7, 11) is 0. The average molecular weight is 251 g/mol. The molecule has 2 heterocycles. The number of nitrogens with two attached hydrogens (primary N) is 1. The molecule has 0 saturated heterocycles. The molecule has 3 aromatic rings. The molecule has 0 amide bonds. The second kappa shape index (κ2) is 4.12. The molecule has 3 heteroatoms. The summed E-state index contributed by atoms with van der Waals surface area (Å²) in [6.45, 7) is 6.24. The Balaban J connectivity index is 2.31. The van der Waals surface area contributed by atoms with Crippen LogP contribution in [-0.2, 0) is 0 Å². The number of hydrogen-bond donors (Lipinski definition) is 1. The Kier molecular flexibility index (Phi) is 2.56. The Morgan fingerprint density at radius 1 is 1.05 bits per heavy atom. The SMILES string of the molecule is Cc1ccc(-c2nc3c(C)cccn3c2N)c(C)c1. The van der Waals surface area contributed by atoms with Crippen LogP contribution in [0.25, 0.3) is 16.9 Å². The smallest absolute Gasteiger partial charge is 0.142 e. The Labute approximate surface area is 112 Å². The minimum Gasteiger partial charge on any atom is -0.383 e. The van der Waals surface area contributed by atoms with Gasteiger partial charge in [-0.2, -0.15) is 0 Å². The molecule has 0 radical (unpaired) electrons. The van der Waals surface area contributed by atoms with Crippen LogP contribution in [0.5, 0.6) is 0 Å². The van der Waals surface area contributed by atoms with Gasteiger partial charge in [0.15, 0.2) is 0 Å². The number of pyridine rings is 1. The maximum absolute atomic E-state index is 6.25. The van der Waals surface area contributed by atoms with E-state index in [0.29, 0.717) is 5.82 Å². The second-order valence-corrected chi connectivity index (χ2v) is 5.05. The maximum Gasteiger partial charge on any atom is 0.142 e. The van der Waals surface area contributed by atoms with Crippen LogP contribution < -0.4 is 5.73 Å². The molecule has 0 aliphatic rings. The molecule has 0 unspecified atom stereocenters. The van der Waals surface area contributed by atoms with Crippen molar-refractivity contribution in [2.75, 3.05) is 5.73 Å². The van der Waals surface area contributed by atoms with E-state index in [1.54, 1.807) is 0 Å². The van der Waals surface area contributed by atoms with Crippen LogP contribution in [0.3, 0.4) is 0 Å². The number of nitrogens with zero attached hydrogens (tertiary/aromatic N) is 2. The molecule has 0 spiro atoms. The average Bonchev–Trinajstić information content (AvgIpc) is 2.69. The number of nitrogen functional groups attached to an aromatic ring is 1. The first kappa shape index (κ1) is 11.8. The van der Waals surface area contributed by atoms with Gasteiger partial charge in [-0.25, -0.2) is 4.98 Å². The Morgan fingerprint density at radius 3 is 2.53 bits per heavy atom. The van der Waals surface area contributed by atoms with Gasteiger partial charge in [0.1, 0.15) is 17.2 Å². The molecular formula is C16H17N3. The first-order valence-corrected chi connectivity index (χ1v) is 6.38. The summed E-state index contributed by atoms with van der Waals surface area (Å²) < 4.78 is 1.95. The quantitative estimate of drug-likeness (QED) is 0.719. The van der Waals surface area contributed by atoms with Crippen LogP contribution in [0.2, 0.25) is 0 Å². The normalized spacial score (nSPS) is 11.1. The summed E-state index contributed by atoms with van der Waals surface area (Å²) >= 11 is 0. The predicted octanol–water partition coefficient (Wildman–Crippen LogP) is 3.51. The highest BCUT2D eigenvalue weighted by atomic mass is 15.1. The van der Waals surface area contributed by atoms with Crippen molar-refractivity contribution in [3.8, 4) is 11.3 Å². The summed E-state index contributed by atoms with van der Waals surface area (Å²) in [6, 6.07) is 10.4. The highest BCUT2D eigenvalue weighted by Crippen LogP contribution is 2.30. The van der Waals surface area contributed by atoms with Crippen LogP contribution >= 0.6 is 0 Å². The summed E-state index contributed by atoms with van der Waals surface area (Å²) in [5.41, 5.74) is 12.7. The minimum absolute atomic E-state index is 0.700. The lowest BCUT2D eigenvalue weighted by Crippen LogP contribution is -1.95. The first-order chi connectivity index (χ1) is 9.08. The molecule has 0 fully saturated rings. The number of benzene rings is 1. The van der Waals surface area contributed by atoms with Gasteiger partial charge in [-0.3, -0.25) is 4.40 Å². The van der Waals surface area contributed by atoms with E-state index in [2.05, 4.69) is 32.0 Å². The van der Waals surface area contributed by atoms with Crippen molar-refractivity contribution in [3.63, 3.8) is 0 Å². The van der Waals surface area contributed by atoms with Crippen molar-refractivity contribution < 1.29 is 0 Å². The van der Waals surface area contributed by atoms with Crippen molar-refractivity contribution in [2.24, 2.45) is 0 Å². The van der Waals surface area contributed by atoms with Crippen molar-refractivity contribution >= 4 is 11.5 Å². The lowest BCUT2D eigenvalue weighted by molar-refractivity contribution is 1.17. The largest absolute Gasteiger partial charge is 0.383 e. The van der Waals surface area contributed by atoms with Crippen molar-refractivity contribution in [3.05, 3.63) is 53.2 Å². The van der Waals surface area contributed by atoms with E-state index in [9.17, 15) is 0 Å². The minimum atomic E-state index is 0.700. The van der Waals surface area contributed by atoms with Gasteiger partial charge in [-0.15, -0.1) is 0 Å². The van der Waals surface area contributed by atoms with Crippen molar-refractivity contribution in [1.82, 2.24) is 9.38 Å². The maximum atomic E-state index is 6.25. The lowest BCUT2D eigenvalue weighted by atomic mass is 10.0. The van der Waals surface area contributed by atoms with Gasteiger partial charge in [0.25, 0.3) is 0 Å². The number of rotatable bonds is 1. The zero-order valence-electron chi connectivity index (χ0n) is 11.4. The molecule has 1 aromatic carbocycles. The van der Waals surface area contributed by atoms with Gasteiger partial charge in [-0.05, 0) is 38.0 Å². The van der Waals surface area contributed by atoms with E-state index >= 15 is 0 Å². The molecule has 0 aliphatic carbocycles. The van der Waals surface area contributed by atoms with Gasteiger partial charge in [0.05, 0.1) is 0 Å². The number of imidazole rings is 1. The van der Waals surface area contributed by atoms with Crippen LogP contribution in [0, 0.1) is 20.8 Å². The van der Waals surface area contributed by atoms with Gasteiger partial charge < -0.3 is 5.73 Å². The van der Waals surface area contributed by atoms with Crippen LogP contribution in [0.1, 0.15) is 16.7 Å². The molecule has 0 saturated carbocycles. The number of aryl methyl sites for hydroxylation is 3. The first-order valence-electron chi connectivity index (χ1n) is 6.38. The van der Waals surface area contributed by atoms with E-state index in [1.807, 2.05) is 29.7 Å². The Morgan fingerprint density at radius 2 is 1.84 bits per heavy atom. The summed E-state index contributed by atoms with van der Waals surface area (Å²) in [5, 5.41) is 0. The van der Waals surface area contributed by atoms with Crippen LogP contribution in [0.4, 0.5) is 5.82 Å². The van der Waals surface area contributed by atoms with Gasteiger partial charge in [0, 0.05) is 11.8 Å². The number of aromatic nitrogens is 2. The molecule has 2 aromatic heterocycles. The standard InChI is InChI=1S/C16H17N3/c1-10-6-7-13(12(3)9-10)14-15(17)19-8-4-5-11(2)16(19)18-14/h4-9H,17H2,1-3H3. The predicted molar refractivity (Wildman–Crippen MR) is 79.3 cm³/mol. The van der Waals surface area contributed by atoms with E-state index in [0.717, 1.165) is 22.5 Å². The third-order valence-corrected chi connectivity index (χ3v) is 3.52. The molecule has 3 rings (SSSR count). The van der Waals surface area contributed by atoms with Crippen molar-refractivity contribution in [2.45, 2.75) is 20.8 Å². The molecule has 19 heavy (non-hydrogen) atoms. The van der Waals surface area contributed by atoms with Gasteiger partial charge >= 0.3 is 0 Å². The summed E-state index contributed by atoms with van der Waals surface area (Å²) in [4.78, 5) is 4.71. The van der Waals surface area contributed by atoms with Gasteiger partial charge in [-0.1, -0.05) is 29.8 Å². The molecule has 3 nitrogen and oxygen atoms in total. The molecule has 0 bridgehead atoms. The van der Waals surface area contributed by atoms with Crippen molar-refractivity contribution in [1.29, 1.82) is 0 Å². The number of fused-ring (bicyclic) bond motifs is 1.